The van der Waals surface area contributed by atoms with Gasteiger partial charge in [0, 0.05) is 18.8 Å². The number of likely N-dealkylation sites (tertiary alicyclic amines) is 1. The van der Waals surface area contributed by atoms with Crippen LogP contribution in [0.3, 0.4) is 0 Å². The van der Waals surface area contributed by atoms with Crippen molar-refractivity contribution in [3.05, 3.63) is 41.7 Å². The maximum absolute atomic E-state index is 14.0. The number of allylic oxidation sites excluding steroid dienone is 1. The van der Waals surface area contributed by atoms with Gasteiger partial charge < -0.3 is 9.64 Å². The zero-order valence-electron chi connectivity index (χ0n) is 28.0. The topological polar surface area (TPSA) is 136 Å². The minimum Gasteiger partial charge on any atom is -0.472 e. The Bertz CT molecular complexity index is 1720. The summed E-state index contributed by atoms with van der Waals surface area (Å²) in [7, 11) is -3.98. The van der Waals surface area contributed by atoms with E-state index in [2.05, 4.69) is 21.3 Å². The van der Waals surface area contributed by atoms with Crippen molar-refractivity contribution in [1.29, 1.82) is 0 Å². The molecule has 14 heteroatoms. The molecule has 2 aliphatic rings. The third-order valence-corrected chi connectivity index (χ3v) is 11.3. The Morgan fingerprint density at radius 1 is 1.13 bits per heavy atom. The fourth-order valence-electron chi connectivity index (χ4n) is 5.75. The van der Waals surface area contributed by atoms with Gasteiger partial charge >= 0.3 is 6.18 Å². The van der Waals surface area contributed by atoms with Crippen LogP contribution in [-0.2, 0) is 30.6 Å². The van der Waals surface area contributed by atoms with Gasteiger partial charge in [-0.1, -0.05) is 33.8 Å². The van der Waals surface area contributed by atoms with Crippen LogP contribution in [-0.4, -0.2) is 64.8 Å². The lowest BCUT2D eigenvalue weighted by Crippen LogP contribution is -2.47. The molecule has 47 heavy (non-hydrogen) atoms. The van der Waals surface area contributed by atoms with E-state index < -0.39 is 73.8 Å². The van der Waals surface area contributed by atoms with Crippen molar-refractivity contribution >= 4 is 38.5 Å². The number of fused-ring (bicyclic) bond motifs is 1. The Hall–Kier alpha value is -3.55. The summed E-state index contributed by atoms with van der Waals surface area (Å²) in [6, 6.07) is 2.08. The predicted molar refractivity (Wildman–Crippen MR) is 170 cm³/mol. The summed E-state index contributed by atoms with van der Waals surface area (Å²) in [4.78, 5) is 50.0. The van der Waals surface area contributed by atoms with Crippen molar-refractivity contribution < 1.29 is 40.7 Å². The summed E-state index contributed by atoms with van der Waals surface area (Å²) in [5, 5.41) is -0.631. The van der Waals surface area contributed by atoms with E-state index in [-0.39, 0.29) is 48.5 Å². The lowest BCUT2D eigenvalue weighted by molar-refractivity contribution is -0.145. The number of nitrogens with one attached hydrogen (secondary N) is 1. The van der Waals surface area contributed by atoms with Gasteiger partial charge in [-0.2, -0.15) is 18.2 Å². The highest BCUT2D eigenvalue weighted by atomic mass is 32.2. The first-order valence-corrected chi connectivity index (χ1v) is 17.1. The molecule has 10 nitrogen and oxygen atoms in total. The number of ether oxygens (including phenoxy) is 1. The summed E-state index contributed by atoms with van der Waals surface area (Å²) in [5.41, 5.74) is -0.291. The smallest absolute Gasteiger partial charge is 0.451 e. The average Bonchev–Trinajstić information content (AvgIpc) is 3.51. The largest absolute Gasteiger partial charge is 0.472 e. The second kappa shape index (κ2) is 12.5. The molecule has 1 saturated heterocycles. The van der Waals surface area contributed by atoms with E-state index in [0.29, 0.717) is 0 Å². The number of sulfonamides is 1. The number of rotatable bonds is 10. The van der Waals surface area contributed by atoms with Gasteiger partial charge in [-0.25, -0.2) is 13.4 Å². The van der Waals surface area contributed by atoms with E-state index >= 15 is 0 Å². The van der Waals surface area contributed by atoms with Crippen LogP contribution in [0.5, 0.6) is 5.88 Å². The van der Waals surface area contributed by atoms with Crippen LogP contribution in [0.4, 0.5) is 13.2 Å². The van der Waals surface area contributed by atoms with Crippen LogP contribution >= 0.6 is 0 Å². The first-order valence-electron chi connectivity index (χ1n) is 15.6. The van der Waals surface area contributed by atoms with Crippen LogP contribution in [0.15, 0.2) is 24.8 Å². The maximum Gasteiger partial charge on any atom is 0.451 e. The lowest BCUT2D eigenvalue weighted by atomic mass is 9.81. The number of alkyl halides is 3. The number of amides is 2. The van der Waals surface area contributed by atoms with Gasteiger partial charge in [0.15, 0.2) is 5.78 Å². The van der Waals surface area contributed by atoms with E-state index in [9.17, 15) is 36.0 Å². The SMILES string of the molecule is C=CC1C[C@]1(CC(=O)C1CC(Oc2nc(C(F)(F)F)nc3cc(C)c(C)cc23)CN1C(=O)[C@@H](C)C(C)(C)C)C(=O)NS(=O)(=O)C(C)C. The van der Waals surface area contributed by atoms with Gasteiger partial charge in [-0.3, -0.25) is 19.1 Å². The zero-order chi connectivity index (χ0) is 35.4. The monoisotopic (exact) mass is 680 g/mol. The fourth-order valence-corrected chi connectivity index (χ4v) is 6.45. The number of carbonyl (C=O) groups excluding carboxylic acids is 3. The number of halogens is 3. The molecule has 2 heterocycles. The van der Waals surface area contributed by atoms with Gasteiger partial charge in [0.1, 0.15) is 6.10 Å². The summed E-state index contributed by atoms with van der Waals surface area (Å²) in [6.07, 6.45) is -4.50. The summed E-state index contributed by atoms with van der Waals surface area (Å²) in [5.74, 6) is -4.35. The van der Waals surface area contributed by atoms with Crippen molar-refractivity contribution in [2.75, 3.05) is 6.54 Å². The molecule has 1 N–H and O–H groups in total. The minimum absolute atomic E-state index is 0.0406. The average molecular weight is 681 g/mol. The zero-order valence-corrected chi connectivity index (χ0v) is 28.8. The summed E-state index contributed by atoms with van der Waals surface area (Å²) >= 11 is 0. The highest BCUT2D eigenvalue weighted by Gasteiger charge is 2.61. The van der Waals surface area contributed by atoms with Gasteiger partial charge in [0.2, 0.25) is 33.5 Å². The van der Waals surface area contributed by atoms with Crippen molar-refractivity contribution in [3.63, 3.8) is 0 Å². The van der Waals surface area contributed by atoms with Crippen LogP contribution in [0, 0.1) is 36.5 Å². The number of aryl methyl sites for hydroxylation is 2. The van der Waals surface area contributed by atoms with E-state index in [0.717, 1.165) is 11.1 Å². The Labute approximate surface area is 273 Å². The molecule has 4 rings (SSSR count). The molecule has 2 fully saturated rings. The fraction of sp³-hybridized carbons (Fsp3) is 0.606. The lowest BCUT2D eigenvalue weighted by Gasteiger charge is -2.33. The quantitative estimate of drug-likeness (QED) is 0.334. The Balaban J connectivity index is 1.70. The van der Waals surface area contributed by atoms with Crippen molar-refractivity contribution in [2.24, 2.45) is 22.7 Å². The molecule has 1 aliphatic carbocycles. The number of aromatic nitrogens is 2. The Kier molecular flexibility index (Phi) is 9.63. The number of ketones is 1. The van der Waals surface area contributed by atoms with E-state index in [4.69, 9.17) is 4.74 Å². The second-order valence-electron chi connectivity index (χ2n) is 14.2. The number of benzene rings is 1. The van der Waals surface area contributed by atoms with Gasteiger partial charge in [0.05, 0.1) is 34.2 Å². The highest BCUT2D eigenvalue weighted by molar-refractivity contribution is 7.90. The number of nitrogens with zero attached hydrogens (tertiary/aromatic N) is 3. The number of Topliss-reactive ketones (excluding diaryl/α,β-unsaturated/α-hetero) is 1. The van der Waals surface area contributed by atoms with Gasteiger partial charge in [-0.05, 0) is 68.7 Å². The molecule has 1 saturated carbocycles. The molecule has 0 bridgehead atoms. The third-order valence-electron chi connectivity index (χ3n) is 9.61. The van der Waals surface area contributed by atoms with Crippen LogP contribution in [0.2, 0.25) is 0 Å². The van der Waals surface area contributed by atoms with E-state index in [1.165, 1.54) is 30.9 Å². The van der Waals surface area contributed by atoms with E-state index in [1.54, 1.807) is 26.8 Å². The maximum atomic E-state index is 14.0. The standard InChI is InChI=1S/C33H43F3N4O6S/c1-10-21-14-32(21,30(43)39-47(44,45)17(2)3)15-26(41)25-13-22(16-40(25)28(42)20(6)31(7,8)9)46-27-23-11-18(4)19(5)12-24(23)37-29(38-27)33(34,35)36/h10-12,17,20-22,25H,1,13-16H2,2-9H3,(H,39,43)/t20-,21?,22?,25?,32-/m1/s1. The molecule has 2 aromatic rings. The molecule has 1 aromatic heterocycles. The molecular formula is C33H43F3N4O6S. The predicted octanol–water partition coefficient (Wildman–Crippen LogP) is 5.30. The van der Waals surface area contributed by atoms with Crippen LogP contribution in [0.1, 0.15) is 77.8 Å². The third kappa shape index (κ3) is 7.31. The first-order chi connectivity index (χ1) is 21.5. The highest BCUT2D eigenvalue weighted by Crippen LogP contribution is 2.57. The molecule has 0 spiro atoms. The molecule has 2 amide bonds. The molecule has 0 radical (unpaired) electrons. The Morgan fingerprint density at radius 3 is 2.28 bits per heavy atom. The second-order valence-corrected chi connectivity index (χ2v) is 16.5. The molecule has 1 aromatic carbocycles. The van der Waals surface area contributed by atoms with E-state index in [1.807, 2.05) is 20.8 Å². The normalized spacial score (nSPS) is 23.9. The molecule has 258 valence electrons. The molecule has 3 unspecified atom stereocenters. The van der Waals surface area contributed by atoms with Crippen LogP contribution in [0.25, 0.3) is 10.9 Å². The Morgan fingerprint density at radius 2 is 1.74 bits per heavy atom. The van der Waals surface area contributed by atoms with Crippen molar-refractivity contribution in [1.82, 2.24) is 19.6 Å². The minimum atomic E-state index is -4.85. The summed E-state index contributed by atoms with van der Waals surface area (Å²) in [6.45, 7) is 17.4. The molecule has 1 aliphatic heterocycles. The van der Waals surface area contributed by atoms with Gasteiger partial charge in [-0.15, -0.1) is 6.58 Å². The number of hydrogen-bond donors (Lipinski definition) is 1. The van der Waals surface area contributed by atoms with Crippen molar-refractivity contribution in [3.8, 4) is 5.88 Å². The van der Waals surface area contributed by atoms with Crippen molar-refractivity contribution in [2.45, 2.75) is 98.2 Å². The van der Waals surface area contributed by atoms with Crippen LogP contribution < -0.4 is 9.46 Å². The molecular weight excluding hydrogens is 637 g/mol. The first kappa shape index (κ1) is 36.3. The molecule has 5 atom stereocenters. The summed E-state index contributed by atoms with van der Waals surface area (Å²) < 4.78 is 74.6. The number of hydrogen-bond acceptors (Lipinski definition) is 8. The van der Waals surface area contributed by atoms with Gasteiger partial charge in [0.25, 0.3) is 0 Å². The number of carbonyl (C=O) groups is 3.